The number of anilines is 1. The topological polar surface area (TPSA) is 77.1 Å². The molecule has 0 atom stereocenters. The van der Waals surface area contributed by atoms with Crippen LogP contribution in [0.15, 0.2) is 24.8 Å². The number of nitrogen functional groups attached to an aromatic ring is 1. The van der Waals surface area contributed by atoms with Crippen LogP contribution in [0.1, 0.15) is 5.56 Å². The zero-order valence-corrected chi connectivity index (χ0v) is 8.50. The summed E-state index contributed by atoms with van der Waals surface area (Å²) in [4.78, 5) is 3.04. The lowest BCUT2D eigenvalue weighted by Crippen LogP contribution is -1.97. The number of benzene rings is 1. The highest BCUT2D eigenvalue weighted by Gasteiger charge is 2.10. The zero-order valence-electron chi connectivity index (χ0n) is 8.50. The van der Waals surface area contributed by atoms with Crippen molar-refractivity contribution in [2.24, 2.45) is 5.73 Å². The minimum atomic E-state index is 0.462. The highest BCUT2D eigenvalue weighted by atomic mass is 16.5. The van der Waals surface area contributed by atoms with Gasteiger partial charge in [-0.15, -0.1) is 0 Å². The molecule has 4 heteroatoms. The summed E-state index contributed by atoms with van der Waals surface area (Å²) >= 11 is 0. The lowest BCUT2D eigenvalue weighted by Gasteiger charge is -2.00. The van der Waals surface area contributed by atoms with Crippen LogP contribution in [0.25, 0.3) is 16.6 Å². The van der Waals surface area contributed by atoms with Gasteiger partial charge in [-0.2, -0.15) is 0 Å². The van der Waals surface area contributed by atoms with Gasteiger partial charge in [-0.1, -0.05) is 6.58 Å². The van der Waals surface area contributed by atoms with Crippen molar-refractivity contribution in [2.75, 3.05) is 12.8 Å². The number of ether oxygens (including phenoxy) is 1. The molecule has 2 rings (SSSR count). The number of fused-ring (bicyclic) bond motifs is 1. The number of rotatable bonds is 2. The van der Waals surface area contributed by atoms with Crippen LogP contribution in [0.3, 0.4) is 0 Å². The molecule has 0 radical (unpaired) electrons. The van der Waals surface area contributed by atoms with Crippen molar-refractivity contribution in [3.05, 3.63) is 30.3 Å². The van der Waals surface area contributed by atoms with E-state index in [1.165, 1.54) is 0 Å². The second-order valence-electron chi connectivity index (χ2n) is 3.35. The number of aromatic amines is 1. The largest absolute Gasteiger partial charge is 0.497 e. The van der Waals surface area contributed by atoms with Gasteiger partial charge >= 0.3 is 0 Å². The maximum atomic E-state index is 5.81. The fourth-order valence-electron chi connectivity index (χ4n) is 1.67. The average Bonchev–Trinajstić information content (AvgIpc) is 2.52. The van der Waals surface area contributed by atoms with E-state index in [9.17, 15) is 0 Å². The minimum absolute atomic E-state index is 0.462. The Bertz CT molecular complexity index is 528. The highest BCUT2D eigenvalue weighted by Crippen LogP contribution is 2.29. The van der Waals surface area contributed by atoms with E-state index >= 15 is 0 Å². The van der Waals surface area contributed by atoms with Gasteiger partial charge in [0.2, 0.25) is 0 Å². The maximum absolute atomic E-state index is 5.81. The predicted molar refractivity (Wildman–Crippen MR) is 62.5 cm³/mol. The molecule has 0 spiro atoms. The van der Waals surface area contributed by atoms with Crippen molar-refractivity contribution >= 4 is 22.4 Å². The van der Waals surface area contributed by atoms with Crippen LogP contribution in [-0.4, -0.2) is 12.1 Å². The van der Waals surface area contributed by atoms with Gasteiger partial charge in [0.15, 0.2) is 0 Å². The van der Waals surface area contributed by atoms with Crippen LogP contribution in [0.2, 0.25) is 0 Å². The highest BCUT2D eigenvalue weighted by molar-refractivity contribution is 5.97. The molecule has 0 aliphatic carbocycles. The molecular weight excluding hydrogens is 190 g/mol. The van der Waals surface area contributed by atoms with Crippen LogP contribution in [0.5, 0.6) is 5.75 Å². The minimum Gasteiger partial charge on any atom is -0.497 e. The van der Waals surface area contributed by atoms with E-state index in [0.29, 0.717) is 11.5 Å². The number of hydrogen-bond acceptors (Lipinski definition) is 3. The number of aromatic nitrogens is 1. The average molecular weight is 203 g/mol. The predicted octanol–water partition coefficient (Wildman–Crippen LogP) is 1.69. The quantitative estimate of drug-likeness (QED) is 0.695. The molecule has 1 heterocycles. The molecule has 0 unspecified atom stereocenters. The van der Waals surface area contributed by atoms with Crippen LogP contribution in [0.4, 0.5) is 5.82 Å². The molecule has 1 aromatic heterocycles. The summed E-state index contributed by atoms with van der Waals surface area (Å²) in [6.45, 7) is 3.70. The van der Waals surface area contributed by atoms with Gasteiger partial charge in [0.05, 0.1) is 12.6 Å². The molecule has 0 fully saturated rings. The summed E-state index contributed by atoms with van der Waals surface area (Å²) < 4.78 is 5.12. The van der Waals surface area contributed by atoms with E-state index in [2.05, 4.69) is 11.6 Å². The van der Waals surface area contributed by atoms with Crippen LogP contribution < -0.4 is 16.2 Å². The van der Waals surface area contributed by atoms with Gasteiger partial charge in [0, 0.05) is 22.7 Å². The second kappa shape index (κ2) is 3.24. The summed E-state index contributed by atoms with van der Waals surface area (Å²) in [5, 5.41) is 0.959. The fourth-order valence-corrected chi connectivity index (χ4v) is 1.67. The molecular formula is C11H13N3O. The van der Waals surface area contributed by atoms with E-state index in [1.54, 1.807) is 7.11 Å². The zero-order chi connectivity index (χ0) is 11.0. The van der Waals surface area contributed by atoms with Crippen molar-refractivity contribution in [3.63, 3.8) is 0 Å². The molecule has 0 saturated carbocycles. The molecule has 4 nitrogen and oxygen atoms in total. The smallest absolute Gasteiger partial charge is 0.120 e. The first-order valence-electron chi connectivity index (χ1n) is 4.53. The second-order valence-corrected chi connectivity index (χ2v) is 3.35. The third kappa shape index (κ3) is 1.40. The number of H-pyrrole nitrogens is 1. The number of hydrogen-bond donors (Lipinski definition) is 3. The normalized spacial score (nSPS) is 10.5. The Hall–Kier alpha value is -2.10. The first kappa shape index (κ1) is 9.45. The molecule has 78 valence electrons. The van der Waals surface area contributed by atoms with E-state index in [4.69, 9.17) is 16.2 Å². The van der Waals surface area contributed by atoms with Crippen molar-refractivity contribution in [1.29, 1.82) is 0 Å². The Morgan fingerprint density at radius 1 is 1.47 bits per heavy atom. The van der Waals surface area contributed by atoms with Crippen LogP contribution in [0, 0.1) is 0 Å². The summed E-state index contributed by atoms with van der Waals surface area (Å²) in [5.41, 5.74) is 13.6. The molecule has 1 aromatic carbocycles. The van der Waals surface area contributed by atoms with Gasteiger partial charge in [-0.3, -0.25) is 0 Å². The Morgan fingerprint density at radius 3 is 2.80 bits per heavy atom. The Kier molecular flexibility index (Phi) is 2.04. The molecule has 0 saturated heterocycles. The third-order valence-electron chi connectivity index (χ3n) is 2.36. The Morgan fingerprint density at radius 2 is 2.20 bits per heavy atom. The Labute approximate surface area is 87.5 Å². The van der Waals surface area contributed by atoms with E-state index in [0.717, 1.165) is 22.2 Å². The van der Waals surface area contributed by atoms with Crippen molar-refractivity contribution in [2.45, 2.75) is 0 Å². The van der Waals surface area contributed by atoms with Crippen molar-refractivity contribution in [1.82, 2.24) is 4.98 Å². The van der Waals surface area contributed by atoms with Gasteiger partial charge in [-0.25, -0.2) is 0 Å². The molecule has 15 heavy (non-hydrogen) atoms. The lowest BCUT2D eigenvalue weighted by molar-refractivity contribution is 0.415. The lowest BCUT2D eigenvalue weighted by atomic mass is 10.1. The fraction of sp³-hybridized carbons (Fsp3) is 0.0909. The first-order chi connectivity index (χ1) is 7.13. The third-order valence-corrected chi connectivity index (χ3v) is 2.36. The van der Waals surface area contributed by atoms with Gasteiger partial charge in [0.1, 0.15) is 11.6 Å². The molecule has 0 amide bonds. The molecule has 5 N–H and O–H groups in total. The van der Waals surface area contributed by atoms with Gasteiger partial charge < -0.3 is 21.2 Å². The number of nitrogens with two attached hydrogens (primary N) is 2. The monoisotopic (exact) mass is 203 g/mol. The SMILES string of the molecule is C=C(N)c1c(N)[nH]c2cc(OC)ccc12. The summed E-state index contributed by atoms with van der Waals surface area (Å²) in [5.74, 6) is 1.31. The maximum Gasteiger partial charge on any atom is 0.120 e. The molecule has 2 aromatic rings. The Balaban J connectivity index is 2.74. The first-order valence-corrected chi connectivity index (χ1v) is 4.53. The van der Waals surface area contributed by atoms with E-state index in [-0.39, 0.29) is 0 Å². The van der Waals surface area contributed by atoms with Gasteiger partial charge in [-0.05, 0) is 12.1 Å². The van der Waals surface area contributed by atoms with E-state index in [1.807, 2.05) is 18.2 Å². The number of methoxy groups -OCH3 is 1. The standard InChI is InChI=1S/C11H13N3O/c1-6(12)10-8-4-3-7(15-2)5-9(8)14-11(10)13/h3-5,14H,1,12-13H2,2H3. The molecule has 0 aliphatic rings. The van der Waals surface area contributed by atoms with Gasteiger partial charge in [0.25, 0.3) is 0 Å². The molecule has 0 bridgehead atoms. The number of nitrogens with one attached hydrogen (secondary N) is 1. The van der Waals surface area contributed by atoms with Crippen LogP contribution in [-0.2, 0) is 0 Å². The van der Waals surface area contributed by atoms with Crippen LogP contribution >= 0.6 is 0 Å². The van der Waals surface area contributed by atoms with E-state index < -0.39 is 0 Å². The summed E-state index contributed by atoms with van der Waals surface area (Å²) in [6.07, 6.45) is 0. The summed E-state index contributed by atoms with van der Waals surface area (Å²) in [7, 11) is 1.62. The van der Waals surface area contributed by atoms with Crippen molar-refractivity contribution < 1.29 is 4.74 Å². The molecule has 0 aliphatic heterocycles. The summed E-state index contributed by atoms with van der Waals surface area (Å²) in [6, 6.07) is 5.65. The van der Waals surface area contributed by atoms with Crippen molar-refractivity contribution in [3.8, 4) is 5.75 Å².